The third-order valence-electron chi connectivity index (χ3n) is 2.84. The fraction of sp³-hybridized carbons (Fsp3) is 0. The predicted octanol–water partition coefficient (Wildman–Crippen LogP) is 2.58. The molecule has 2 amide bonds. The van der Waals surface area contributed by atoms with Gasteiger partial charge in [-0.05, 0) is 12.1 Å². The van der Waals surface area contributed by atoms with E-state index in [2.05, 4.69) is 25.6 Å². The quantitative estimate of drug-likeness (QED) is 0.778. The van der Waals surface area contributed by atoms with E-state index in [1.165, 1.54) is 18.7 Å². The number of nitrogens with one attached hydrogen (secondary N) is 2. The molecule has 3 rings (SSSR count). The Morgan fingerprint density at radius 2 is 2.00 bits per heavy atom. The highest BCUT2D eigenvalue weighted by molar-refractivity contribution is 5.99. The Labute approximate surface area is 129 Å². The molecule has 2 heterocycles. The van der Waals surface area contributed by atoms with Gasteiger partial charge in [-0.3, -0.25) is 9.88 Å². The maximum Gasteiger partial charge on any atom is 0.324 e. The third kappa shape index (κ3) is 3.46. The van der Waals surface area contributed by atoms with E-state index in [4.69, 9.17) is 0 Å². The molecule has 3 aromatic rings. The zero-order valence-corrected chi connectivity index (χ0v) is 11.6. The minimum atomic E-state index is -0.759. The second-order valence-electron chi connectivity index (χ2n) is 4.43. The summed E-state index contributed by atoms with van der Waals surface area (Å²) in [6.07, 6.45) is 6.05. The molecule has 0 fully saturated rings. The third-order valence-corrected chi connectivity index (χ3v) is 2.84. The number of halogens is 2. The second-order valence-corrected chi connectivity index (χ2v) is 4.43. The van der Waals surface area contributed by atoms with Crippen molar-refractivity contribution in [3.63, 3.8) is 0 Å². The lowest BCUT2D eigenvalue weighted by Crippen LogP contribution is -2.21. The molecular formula is C14H10F2N6O. The van der Waals surface area contributed by atoms with E-state index >= 15 is 0 Å². The van der Waals surface area contributed by atoms with Crippen LogP contribution in [0.4, 0.5) is 25.1 Å². The second kappa shape index (κ2) is 6.18. The van der Waals surface area contributed by atoms with E-state index in [1.54, 1.807) is 17.0 Å². The number of hydrogen-bond acceptors (Lipinski definition) is 4. The Morgan fingerprint density at radius 1 is 1.13 bits per heavy atom. The molecule has 23 heavy (non-hydrogen) atoms. The summed E-state index contributed by atoms with van der Waals surface area (Å²) in [5, 5.41) is 4.62. The zero-order chi connectivity index (χ0) is 16.2. The number of rotatable bonds is 3. The summed E-state index contributed by atoms with van der Waals surface area (Å²) in [5.41, 5.74) is -0.272. The first kappa shape index (κ1) is 14.6. The van der Waals surface area contributed by atoms with Gasteiger partial charge in [0.25, 0.3) is 0 Å². The monoisotopic (exact) mass is 316 g/mol. The number of amides is 2. The molecule has 0 spiro atoms. The van der Waals surface area contributed by atoms with Crippen LogP contribution in [-0.2, 0) is 0 Å². The standard InChI is InChI=1S/C14H10F2N6O/c15-9-1-2-10(16)11(5-9)20-14(23)21-12-6-13(19-7-18-12)22-4-3-17-8-22/h1-8H,(H2,18,19,20,21,23). The predicted molar refractivity (Wildman–Crippen MR) is 78.2 cm³/mol. The minimum Gasteiger partial charge on any atom is -0.305 e. The molecule has 0 saturated heterocycles. The van der Waals surface area contributed by atoms with E-state index in [0.717, 1.165) is 18.2 Å². The van der Waals surface area contributed by atoms with Crippen LogP contribution in [0.25, 0.3) is 5.82 Å². The van der Waals surface area contributed by atoms with Crippen molar-refractivity contribution in [3.05, 3.63) is 60.9 Å². The topological polar surface area (TPSA) is 84.7 Å². The van der Waals surface area contributed by atoms with Crippen LogP contribution in [0.2, 0.25) is 0 Å². The van der Waals surface area contributed by atoms with Gasteiger partial charge in [-0.25, -0.2) is 28.5 Å². The molecule has 0 bridgehead atoms. The van der Waals surface area contributed by atoms with Crippen molar-refractivity contribution < 1.29 is 13.6 Å². The molecule has 0 radical (unpaired) electrons. The fourth-order valence-electron chi connectivity index (χ4n) is 1.81. The first-order valence-electron chi connectivity index (χ1n) is 6.45. The molecule has 0 aliphatic rings. The molecule has 9 heteroatoms. The van der Waals surface area contributed by atoms with Crippen molar-refractivity contribution in [2.24, 2.45) is 0 Å². The van der Waals surface area contributed by atoms with Gasteiger partial charge in [-0.2, -0.15) is 0 Å². The number of aromatic nitrogens is 4. The Balaban J connectivity index is 1.73. The normalized spacial score (nSPS) is 10.3. The number of carbonyl (C=O) groups is 1. The molecule has 2 N–H and O–H groups in total. The van der Waals surface area contributed by atoms with E-state index in [-0.39, 0.29) is 11.5 Å². The van der Waals surface area contributed by atoms with E-state index in [9.17, 15) is 13.6 Å². The largest absolute Gasteiger partial charge is 0.324 e. The Kier molecular flexibility index (Phi) is 3.91. The molecule has 0 unspecified atom stereocenters. The highest BCUT2D eigenvalue weighted by Gasteiger charge is 2.09. The molecule has 0 atom stereocenters. The van der Waals surface area contributed by atoms with Gasteiger partial charge < -0.3 is 5.32 Å². The van der Waals surface area contributed by atoms with Gasteiger partial charge in [0.05, 0.1) is 5.69 Å². The molecule has 116 valence electrons. The number of urea groups is 1. The highest BCUT2D eigenvalue weighted by atomic mass is 19.1. The Morgan fingerprint density at radius 3 is 2.78 bits per heavy atom. The lowest BCUT2D eigenvalue weighted by atomic mass is 10.3. The number of imidazole rings is 1. The van der Waals surface area contributed by atoms with Crippen molar-refractivity contribution in [3.8, 4) is 5.82 Å². The van der Waals surface area contributed by atoms with Crippen LogP contribution >= 0.6 is 0 Å². The van der Waals surface area contributed by atoms with Crippen molar-refractivity contribution in [2.75, 3.05) is 10.6 Å². The SMILES string of the molecule is O=C(Nc1cc(-n2ccnc2)ncn1)Nc1cc(F)ccc1F. The van der Waals surface area contributed by atoms with Crippen LogP contribution in [0.1, 0.15) is 0 Å². The summed E-state index contributed by atoms with van der Waals surface area (Å²) < 4.78 is 28.2. The number of nitrogens with zero attached hydrogens (tertiary/aromatic N) is 4. The maximum absolute atomic E-state index is 13.5. The molecular weight excluding hydrogens is 306 g/mol. The van der Waals surface area contributed by atoms with Crippen molar-refractivity contribution >= 4 is 17.5 Å². The van der Waals surface area contributed by atoms with Crippen LogP contribution in [0, 0.1) is 11.6 Å². The lowest BCUT2D eigenvalue weighted by molar-refractivity contribution is 0.262. The minimum absolute atomic E-state index is 0.193. The smallest absolute Gasteiger partial charge is 0.305 e. The van der Waals surface area contributed by atoms with Gasteiger partial charge in [0, 0.05) is 24.5 Å². The lowest BCUT2D eigenvalue weighted by Gasteiger charge is -2.09. The van der Waals surface area contributed by atoms with Crippen LogP contribution in [0.5, 0.6) is 0 Å². The van der Waals surface area contributed by atoms with Crippen molar-refractivity contribution in [2.45, 2.75) is 0 Å². The Hall–Kier alpha value is -3.36. The summed E-state index contributed by atoms with van der Waals surface area (Å²) in [5.74, 6) is -0.725. The summed E-state index contributed by atoms with van der Waals surface area (Å²) >= 11 is 0. The number of hydrogen-bond donors (Lipinski definition) is 2. The first-order chi connectivity index (χ1) is 11.1. The van der Waals surface area contributed by atoms with E-state index in [0.29, 0.717) is 5.82 Å². The zero-order valence-electron chi connectivity index (χ0n) is 11.6. The summed E-state index contributed by atoms with van der Waals surface area (Å²) in [7, 11) is 0. The van der Waals surface area contributed by atoms with Crippen molar-refractivity contribution in [1.82, 2.24) is 19.5 Å². The van der Waals surface area contributed by atoms with E-state index in [1.807, 2.05) is 0 Å². The summed E-state index contributed by atoms with van der Waals surface area (Å²) in [6.45, 7) is 0. The molecule has 7 nitrogen and oxygen atoms in total. The molecule has 2 aromatic heterocycles. The molecule has 0 aliphatic heterocycles. The van der Waals surface area contributed by atoms with Gasteiger partial charge in [0.1, 0.15) is 35.9 Å². The first-order valence-corrected chi connectivity index (χ1v) is 6.45. The van der Waals surface area contributed by atoms with Crippen LogP contribution in [-0.4, -0.2) is 25.6 Å². The van der Waals surface area contributed by atoms with E-state index < -0.39 is 17.7 Å². The van der Waals surface area contributed by atoms with Gasteiger partial charge in [0.15, 0.2) is 0 Å². The fourth-order valence-corrected chi connectivity index (χ4v) is 1.81. The van der Waals surface area contributed by atoms with Gasteiger partial charge in [0.2, 0.25) is 0 Å². The number of carbonyl (C=O) groups excluding carboxylic acids is 1. The van der Waals surface area contributed by atoms with Gasteiger partial charge >= 0.3 is 6.03 Å². The van der Waals surface area contributed by atoms with Gasteiger partial charge in [-0.1, -0.05) is 0 Å². The van der Waals surface area contributed by atoms with Crippen LogP contribution in [0.3, 0.4) is 0 Å². The Bertz CT molecular complexity index is 837. The molecule has 0 aliphatic carbocycles. The average Bonchev–Trinajstić information content (AvgIpc) is 3.05. The number of anilines is 2. The van der Waals surface area contributed by atoms with Crippen molar-refractivity contribution in [1.29, 1.82) is 0 Å². The molecule has 1 aromatic carbocycles. The van der Waals surface area contributed by atoms with Crippen LogP contribution < -0.4 is 10.6 Å². The number of benzene rings is 1. The molecule has 0 saturated carbocycles. The maximum atomic E-state index is 13.5. The summed E-state index contributed by atoms with van der Waals surface area (Å²) in [4.78, 5) is 23.7. The van der Waals surface area contributed by atoms with Gasteiger partial charge in [-0.15, -0.1) is 0 Å². The average molecular weight is 316 g/mol. The summed E-state index contributed by atoms with van der Waals surface area (Å²) in [6, 6.07) is 3.51. The highest BCUT2D eigenvalue weighted by Crippen LogP contribution is 2.16. The van der Waals surface area contributed by atoms with Crippen LogP contribution in [0.15, 0.2) is 49.3 Å².